The fraction of sp³-hybridized carbons (Fsp3) is 0. The van der Waals surface area contributed by atoms with Crippen LogP contribution in [-0.2, 0) is 37.5 Å². The summed E-state index contributed by atoms with van der Waals surface area (Å²) >= 11 is 0. The summed E-state index contributed by atoms with van der Waals surface area (Å²) in [4.78, 5) is 0. The topological polar surface area (TPSA) is 0 Å². The van der Waals surface area contributed by atoms with Crippen molar-refractivity contribution >= 4 is 47.7 Å². The zero-order chi connectivity index (χ0) is 24.4. The largest absolute Gasteiger partial charge is 0.213 e. The van der Waals surface area contributed by atoms with Crippen LogP contribution in [0.1, 0.15) is 0 Å². The molecule has 0 N–H and O–H groups in total. The standard InChI is InChI=1S/2C17H14P.Fe.Pd.2H/c2*1-3-9-15(10-4-1)18(17-13-7-8-14-17)16-11-5-2-6-12-16;;;;/h2*1-14H;;;;/q2*-1;+2;;;. The molecule has 194 valence electrons. The maximum absolute atomic E-state index is 2.23. The summed E-state index contributed by atoms with van der Waals surface area (Å²) in [7, 11) is -0.818. The van der Waals surface area contributed by atoms with Crippen LogP contribution >= 0.6 is 15.8 Å². The van der Waals surface area contributed by atoms with Crippen LogP contribution in [0.25, 0.3) is 0 Å². The molecule has 0 spiro atoms. The third-order valence-electron chi connectivity index (χ3n) is 5.86. The van der Waals surface area contributed by atoms with E-state index in [1.807, 2.05) is 0 Å². The smallest absolute Gasteiger partial charge is 0.0269 e. The summed E-state index contributed by atoms with van der Waals surface area (Å²) in [5.41, 5.74) is 0. The summed E-state index contributed by atoms with van der Waals surface area (Å²) in [5.74, 6) is 0. The van der Waals surface area contributed by atoms with Gasteiger partial charge >= 0.3 is 37.5 Å². The van der Waals surface area contributed by atoms with Crippen molar-refractivity contribution < 1.29 is 37.5 Å². The minimum absolute atomic E-state index is 0. The molecule has 0 aliphatic rings. The van der Waals surface area contributed by atoms with Crippen molar-refractivity contribution in [3.8, 4) is 0 Å². The normalized spacial score (nSPS) is 10.2. The van der Waals surface area contributed by atoms with E-state index in [0.717, 1.165) is 0 Å². The minimum Gasteiger partial charge on any atom is -0.213 e. The Bertz CT molecular complexity index is 1210. The molecular weight excluding hydrogens is 633 g/mol. The Hall–Kier alpha value is -2.38. The third-order valence-corrected chi connectivity index (χ3v) is 10.8. The Labute approximate surface area is 253 Å². The number of benzene rings is 4. The molecule has 38 heavy (non-hydrogen) atoms. The van der Waals surface area contributed by atoms with Crippen molar-refractivity contribution in [3.63, 3.8) is 0 Å². The predicted octanol–water partition coefficient (Wildman–Crippen LogP) is 5.79. The fourth-order valence-corrected chi connectivity index (χ4v) is 8.84. The minimum atomic E-state index is -0.409. The van der Waals surface area contributed by atoms with E-state index in [-0.39, 0.29) is 37.5 Å². The molecule has 0 saturated carbocycles. The van der Waals surface area contributed by atoms with Crippen LogP contribution in [-0.4, -0.2) is 0 Å². The van der Waals surface area contributed by atoms with Crippen molar-refractivity contribution in [1.29, 1.82) is 0 Å². The maximum Gasteiger partial charge on any atom is -0.0269 e. The molecule has 0 fully saturated rings. The molecular formula is C34H30FeP2Pd. The summed E-state index contributed by atoms with van der Waals surface area (Å²) in [6.07, 6.45) is 0. The summed E-state index contributed by atoms with van der Waals surface area (Å²) in [6, 6.07) is 60.5. The molecule has 0 unspecified atom stereocenters. The van der Waals surface area contributed by atoms with Gasteiger partial charge in [-0.15, -0.1) is 10.6 Å². The first-order valence-corrected chi connectivity index (χ1v) is 14.8. The van der Waals surface area contributed by atoms with Gasteiger partial charge < -0.3 is 0 Å². The maximum atomic E-state index is 2.23. The van der Waals surface area contributed by atoms with E-state index in [2.05, 4.69) is 170 Å². The van der Waals surface area contributed by atoms with Crippen molar-refractivity contribution in [3.05, 3.63) is 170 Å². The second kappa shape index (κ2) is 15.9. The van der Waals surface area contributed by atoms with E-state index in [1.54, 1.807) is 0 Å². The van der Waals surface area contributed by atoms with Gasteiger partial charge in [0.1, 0.15) is 0 Å². The Morgan fingerprint density at radius 1 is 0.316 bits per heavy atom. The molecule has 0 atom stereocenters. The second-order valence-corrected chi connectivity index (χ2v) is 12.7. The van der Waals surface area contributed by atoms with Gasteiger partial charge in [0.05, 0.1) is 0 Å². The summed E-state index contributed by atoms with van der Waals surface area (Å²) < 4.78 is 0. The van der Waals surface area contributed by atoms with Gasteiger partial charge in [-0.1, -0.05) is 137 Å². The Morgan fingerprint density at radius 3 is 0.737 bits per heavy atom. The molecule has 0 saturated heterocycles. The molecule has 0 bridgehead atoms. The van der Waals surface area contributed by atoms with Crippen LogP contribution in [0.4, 0.5) is 0 Å². The van der Waals surface area contributed by atoms with Gasteiger partial charge in [-0.2, -0.15) is 24.3 Å². The first-order chi connectivity index (χ1) is 17.9. The van der Waals surface area contributed by atoms with Crippen molar-refractivity contribution in [1.82, 2.24) is 0 Å². The van der Waals surface area contributed by atoms with E-state index < -0.39 is 15.8 Å². The SMILES string of the molecule is [Fe+2].[PdH2].c1ccc(P(c2ccccc2)[c-]2cccc2)cc1.c1ccc(P(c2ccccc2)[c-]2cccc2)cc1. The number of hydrogen-bond acceptors (Lipinski definition) is 0. The average Bonchev–Trinajstić information content (AvgIpc) is 3.68. The molecule has 6 rings (SSSR count). The quantitative estimate of drug-likeness (QED) is 0.121. The van der Waals surface area contributed by atoms with E-state index in [9.17, 15) is 0 Å². The van der Waals surface area contributed by atoms with Crippen molar-refractivity contribution in [2.45, 2.75) is 0 Å². The third kappa shape index (κ3) is 7.82. The van der Waals surface area contributed by atoms with Crippen LogP contribution in [0, 0.1) is 0 Å². The number of rotatable bonds is 6. The van der Waals surface area contributed by atoms with Gasteiger partial charge in [-0.25, -0.2) is 24.3 Å². The van der Waals surface area contributed by atoms with Gasteiger partial charge in [-0.3, -0.25) is 0 Å². The molecule has 0 aromatic heterocycles. The van der Waals surface area contributed by atoms with Crippen LogP contribution in [0.2, 0.25) is 0 Å². The first kappa shape index (κ1) is 30.2. The summed E-state index contributed by atoms with van der Waals surface area (Å²) in [6.45, 7) is 0. The van der Waals surface area contributed by atoms with Crippen LogP contribution in [0.3, 0.4) is 0 Å². The molecule has 0 amide bonds. The van der Waals surface area contributed by atoms with Crippen LogP contribution in [0.15, 0.2) is 170 Å². The fourth-order valence-electron chi connectivity index (χ4n) is 4.23. The molecule has 6 aromatic carbocycles. The second-order valence-electron chi connectivity index (χ2n) is 8.30. The van der Waals surface area contributed by atoms with Gasteiger partial charge in [0.25, 0.3) is 0 Å². The van der Waals surface area contributed by atoms with Gasteiger partial charge in [0, 0.05) is 0 Å². The zero-order valence-electron chi connectivity index (χ0n) is 20.8. The molecule has 0 aliphatic heterocycles. The number of hydrogen-bond donors (Lipinski definition) is 0. The van der Waals surface area contributed by atoms with E-state index in [0.29, 0.717) is 0 Å². The Morgan fingerprint density at radius 2 is 0.526 bits per heavy atom. The molecule has 6 aromatic rings. The van der Waals surface area contributed by atoms with Gasteiger partial charge in [0.2, 0.25) is 0 Å². The molecule has 0 nitrogen and oxygen atoms in total. The van der Waals surface area contributed by atoms with Crippen molar-refractivity contribution in [2.75, 3.05) is 0 Å². The molecule has 0 aliphatic carbocycles. The van der Waals surface area contributed by atoms with E-state index in [4.69, 9.17) is 0 Å². The van der Waals surface area contributed by atoms with Gasteiger partial charge in [-0.05, 0) is 21.2 Å². The Balaban J connectivity index is 0.000000200. The molecule has 0 radical (unpaired) electrons. The molecule has 0 heterocycles. The van der Waals surface area contributed by atoms with E-state index >= 15 is 0 Å². The predicted molar refractivity (Wildman–Crippen MR) is 164 cm³/mol. The zero-order valence-corrected chi connectivity index (χ0v) is 25.4. The average molecular weight is 663 g/mol. The monoisotopic (exact) mass is 662 g/mol. The van der Waals surface area contributed by atoms with Crippen molar-refractivity contribution in [2.24, 2.45) is 0 Å². The summed E-state index contributed by atoms with van der Waals surface area (Å²) in [5, 5.41) is 8.47. The van der Waals surface area contributed by atoms with Crippen LogP contribution < -0.4 is 31.8 Å². The Kier molecular flexibility index (Phi) is 12.6. The van der Waals surface area contributed by atoms with E-state index in [1.165, 1.54) is 31.8 Å². The van der Waals surface area contributed by atoms with Crippen LogP contribution in [0.5, 0.6) is 0 Å². The first-order valence-electron chi connectivity index (χ1n) is 12.1. The molecule has 4 heteroatoms. The van der Waals surface area contributed by atoms with Gasteiger partial charge in [0.15, 0.2) is 0 Å².